The van der Waals surface area contributed by atoms with Gasteiger partial charge in [0.2, 0.25) is 0 Å². The van der Waals surface area contributed by atoms with Crippen molar-refractivity contribution in [3.63, 3.8) is 0 Å². The Balaban J connectivity index is 1.96. The Morgan fingerprint density at radius 3 is 1.92 bits per heavy atom. The van der Waals surface area contributed by atoms with Crippen LogP contribution < -0.4 is 10.4 Å². The summed E-state index contributed by atoms with van der Waals surface area (Å²) in [5, 5.41) is 11.5. The maximum absolute atomic E-state index is 8.80. The van der Waals surface area contributed by atoms with Crippen molar-refractivity contribution in [2.75, 3.05) is 6.61 Å². The van der Waals surface area contributed by atoms with Crippen molar-refractivity contribution in [3.8, 4) is 6.07 Å². The van der Waals surface area contributed by atoms with Gasteiger partial charge in [0.25, 0.3) is 8.32 Å². The summed E-state index contributed by atoms with van der Waals surface area (Å²) >= 11 is 0. The van der Waals surface area contributed by atoms with Crippen molar-refractivity contribution in [2.24, 2.45) is 5.92 Å². The first-order chi connectivity index (χ1) is 12.5. The molecule has 0 N–H and O–H groups in total. The van der Waals surface area contributed by atoms with E-state index in [4.69, 9.17) is 9.69 Å². The van der Waals surface area contributed by atoms with Crippen molar-refractivity contribution in [3.05, 3.63) is 72.3 Å². The summed E-state index contributed by atoms with van der Waals surface area (Å²) in [5.74, 6) is 0.524. The smallest absolute Gasteiger partial charge is 0.261 e. The van der Waals surface area contributed by atoms with Gasteiger partial charge in [-0.1, -0.05) is 87.0 Å². The Morgan fingerprint density at radius 2 is 1.50 bits per heavy atom. The number of nitriles is 1. The van der Waals surface area contributed by atoms with Gasteiger partial charge >= 0.3 is 0 Å². The number of rotatable bonds is 5. The summed E-state index contributed by atoms with van der Waals surface area (Å²) in [5.41, 5.74) is 1.25. The highest BCUT2D eigenvalue weighted by molar-refractivity contribution is 6.99. The van der Waals surface area contributed by atoms with Crippen LogP contribution in [0.1, 0.15) is 33.6 Å². The van der Waals surface area contributed by atoms with Crippen molar-refractivity contribution in [1.29, 1.82) is 5.26 Å². The molecule has 0 atom stereocenters. The number of allylic oxidation sites excluding steroid dienone is 2. The van der Waals surface area contributed by atoms with E-state index in [9.17, 15) is 0 Å². The highest BCUT2D eigenvalue weighted by Crippen LogP contribution is 2.39. The van der Waals surface area contributed by atoms with E-state index < -0.39 is 8.32 Å². The quantitative estimate of drug-likeness (QED) is 0.583. The second-order valence-corrected chi connectivity index (χ2v) is 12.5. The van der Waals surface area contributed by atoms with Crippen molar-refractivity contribution in [1.82, 2.24) is 0 Å². The van der Waals surface area contributed by atoms with Gasteiger partial charge in [-0.15, -0.1) is 0 Å². The van der Waals surface area contributed by atoms with Crippen LogP contribution in [-0.4, -0.2) is 14.9 Å². The molecule has 3 heteroatoms. The third-order valence-electron chi connectivity index (χ3n) is 5.32. The molecule has 1 saturated carbocycles. The minimum atomic E-state index is -2.42. The molecule has 2 aromatic carbocycles. The molecular formula is C23H27NOSi. The van der Waals surface area contributed by atoms with Crippen molar-refractivity contribution < 1.29 is 4.43 Å². The van der Waals surface area contributed by atoms with Crippen LogP contribution in [0.5, 0.6) is 0 Å². The van der Waals surface area contributed by atoms with E-state index in [0.717, 1.165) is 19.4 Å². The van der Waals surface area contributed by atoms with Gasteiger partial charge in [0.05, 0.1) is 6.07 Å². The first kappa shape index (κ1) is 18.6. The molecule has 0 bridgehead atoms. The zero-order chi connectivity index (χ0) is 18.6. The highest BCUT2D eigenvalue weighted by atomic mass is 28.4. The summed E-state index contributed by atoms with van der Waals surface area (Å²) in [7, 11) is -2.42. The second kappa shape index (κ2) is 7.61. The fourth-order valence-electron chi connectivity index (χ4n) is 4.01. The molecule has 134 valence electrons. The lowest BCUT2D eigenvalue weighted by Crippen LogP contribution is -2.67. The Bertz CT molecular complexity index is 752. The van der Waals surface area contributed by atoms with Crippen LogP contribution in [-0.2, 0) is 4.43 Å². The number of hydrogen-bond acceptors (Lipinski definition) is 2. The Kier molecular flexibility index (Phi) is 5.46. The van der Waals surface area contributed by atoms with Crippen LogP contribution in [0.2, 0.25) is 5.04 Å². The van der Waals surface area contributed by atoms with Crippen LogP contribution in [0, 0.1) is 17.2 Å². The molecule has 26 heavy (non-hydrogen) atoms. The van der Waals surface area contributed by atoms with Gasteiger partial charge in [0.1, 0.15) is 0 Å². The fraction of sp³-hybridized carbons (Fsp3) is 0.348. The molecule has 0 heterocycles. The lowest BCUT2D eigenvalue weighted by molar-refractivity contribution is 0.206. The SMILES string of the molecule is CC(C)(C)[Si](OCC1CC(=CC#N)C1)(c1ccccc1)c1ccccc1. The van der Waals surface area contributed by atoms with Crippen LogP contribution >= 0.6 is 0 Å². The third kappa shape index (κ3) is 3.53. The minimum absolute atomic E-state index is 0.0186. The second-order valence-electron chi connectivity index (χ2n) is 8.18. The molecule has 0 aromatic heterocycles. The molecule has 0 radical (unpaired) electrons. The summed E-state index contributed by atoms with van der Waals surface area (Å²) < 4.78 is 6.93. The summed E-state index contributed by atoms with van der Waals surface area (Å²) in [6.07, 6.45) is 3.68. The standard InChI is InChI=1S/C23H27NOSi/c1-23(2,3)26(21-10-6-4-7-11-21,22-12-8-5-9-13-22)25-18-20-16-19(17-20)14-15-24/h4-14,20H,16-18H2,1-3H3. The van der Waals surface area contributed by atoms with E-state index in [-0.39, 0.29) is 5.04 Å². The van der Waals surface area contributed by atoms with Gasteiger partial charge < -0.3 is 4.43 Å². The highest BCUT2D eigenvalue weighted by Gasteiger charge is 2.50. The molecular weight excluding hydrogens is 334 g/mol. The normalized spacial score (nSPS) is 17.3. The van der Waals surface area contributed by atoms with Crippen LogP contribution in [0.3, 0.4) is 0 Å². The molecule has 2 aromatic rings. The van der Waals surface area contributed by atoms with Crippen molar-refractivity contribution >= 4 is 18.7 Å². The van der Waals surface area contributed by atoms with Gasteiger partial charge in [-0.2, -0.15) is 5.26 Å². The molecule has 1 aliphatic carbocycles. The van der Waals surface area contributed by atoms with E-state index >= 15 is 0 Å². The average Bonchev–Trinajstić information content (AvgIpc) is 2.60. The predicted molar refractivity (Wildman–Crippen MR) is 110 cm³/mol. The lowest BCUT2D eigenvalue weighted by Gasteiger charge is -2.44. The van der Waals surface area contributed by atoms with Crippen LogP contribution in [0.25, 0.3) is 0 Å². The maximum atomic E-state index is 8.80. The number of nitrogens with zero attached hydrogens (tertiary/aromatic N) is 1. The van der Waals surface area contributed by atoms with E-state index in [1.54, 1.807) is 6.08 Å². The minimum Gasteiger partial charge on any atom is -0.407 e. The Labute approximate surface area is 158 Å². The van der Waals surface area contributed by atoms with E-state index in [0.29, 0.717) is 5.92 Å². The van der Waals surface area contributed by atoms with E-state index in [1.165, 1.54) is 15.9 Å². The van der Waals surface area contributed by atoms with E-state index in [1.807, 2.05) is 0 Å². The average molecular weight is 362 g/mol. The zero-order valence-corrected chi connectivity index (χ0v) is 16.9. The molecule has 0 unspecified atom stereocenters. The van der Waals surface area contributed by atoms with Crippen molar-refractivity contribution in [2.45, 2.75) is 38.7 Å². The maximum Gasteiger partial charge on any atom is 0.261 e. The molecule has 1 fully saturated rings. The lowest BCUT2D eigenvalue weighted by atomic mass is 9.81. The Morgan fingerprint density at radius 1 is 1.00 bits per heavy atom. The fourth-order valence-corrected chi connectivity index (χ4v) is 8.65. The summed E-state index contributed by atoms with van der Waals surface area (Å²) in [6, 6.07) is 23.7. The van der Waals surface area contributed by atoms with Gasteiger partial charge in [0.15, 0.2) is 0 Å². The summed E-state index contributed by atoms with van der Waals surface area (Å²) in [6.45, 7) is 7.68. The monoisotopic (exact) mass is 361 g/mol. The van der Waals surface area contributed by atoms with Gasteiger partial charge in [-0.25, -0.2) is 0 Å². The largest absolute Gasteiger partial charge is 0.407 e. The Hall–Kier alpha value is -2.15. The molecule has 0 amide bonds. The number of hydrogen-bond donors (Lipinski definition) is 0. The zero-order valence-electron chi connectivity index (χ0n) is 15.9. The molecule has 0 saturated heterocycles. The third-order valence-corrected chi connectivity index (χ3v) is 10.3. The number of benzene rings is 2. The van der Waals surface area contributed by atoms with Crippen LogP contribution in [0.4, 0.5) is 0 Å². The van der Waals surface area contributed by atoms with Gasteiger partial charge in [-0.05, 0) is 34.2 Å². The molecule has 2 nitrogen and oxygen atoms in total. The first-order valence-corrected chi connectivity index (χ1v) is 11.2. The molecule has 1 aliphatic rings. The summed E-state index contributed by atoms with van der Waals surface area (Å²) in [4.78, 5) is 0. The van der Waals surface area contributed by atoms with Gasteiger partial charge in [0, 0.05) is 12.7 Å². The molecule has 0 aliphatic heterocycles. The van der Waals surface area contributed by atoms with Gasteiger partial charge in [-0.3, -0.25) is 0 Å². The molecule has 0 spiro atoms. The molecule has 3 rings (SSSR count). The first-order valence-electron chi connectivity index (χ1n) is 9.30. The van der Waals surface area contributed by atoms with E-state index in [2.05, 4.69) is 87.5 Å². The van der Waals surface area contributed by atoms with Crippen LogP contribution in [0.15, 0.2) is 72.3 Å². The topological polar surface area (TPSA) is 33.0 Å². The predicted octanol–water partition coefficient (Wildman–Crippen LogP) is 4.42.